The topological polar surface area (TPSA) is 53.7 Å². The monoisotopic (exact) mass is 365 g/mol. The smallest absolute Gasteiger partial charge is 0.262 e. The number of halogens is 3. The Morgan fingerprint density at radius 3 is 2.50 bits per heavy atom. The number of nitrogens with two attached hydrogens (primary N) is 1. The quantitative estimate of drug-likeness (QED) is 0.391. The maximum Gasteiger partial charge on any atom is 0.262 e. The van der Waals surface area contributed by atoms with Crippen LogP contribution >= 0.6 is 58.0 Å². The van der Waals surface area contributed by atoms with Crippen molar-refractivity contribution in [3.05, 3.63) is 23.3 Å². The van der Waals surface area contributed by atoms with E-state index < -0.39 is 0 Å². The van der Waals surface area contributed by atoms with Gasteiger partial charge in [0.2, 0.25) is 0 Å². The molecule has 0 amide bonds. The van der Waals surface area contributed by atoms with E-state index in [1.807, 2.05) is 25.2 Å². The van der Waals surface area contributed by atoms with Crippen LogP contribution in [0.4, 0.5) is 0 Å². The van der Waals surface area contributed by atoms with Crippen molar-refractivity contribution in [1.82, 2.24) is 0 Å². The molecule has 1 aliphatic carbocycles. The molecule has 0 aromatic heterocycles. The minimum absolute atomic E-state index is 0.193. The Labute approximate surface area is 113 Å². The Morgan fingerprint density at radius 2 is 2.21 bits per heavy atom. The van der Waals surface area contributed by atoms with Crippen LogP contribution in [0.1, 0.15) is 6.92 Å². The average Bonchev–Trinajstić information content (AvgIpc) is 1.99. The summed E-state index contributed by atoms with van der Waals surface area (Å²) in [4.78, 5) is -0.313. The van der Waals surface area contributed by atoms with E-state index in [0.29, 0.717) is 0 Å². The first-order valence-electron chi connectivity index (χ1n) is 3.76. The van der Waals surface area contributed by atoms with Gasteiger partial charge in [-0.3, -0.25) is 0 Å². The lowest BCUT2D eigenvalue weighted by molar-refractivity contribution is -0.210. The van der Waals surface area contributed by atoms with E-state index in [2.05, 4.69) is 40.5 Å². The Morgan fingerprint density at radius 1 is 1.79 bits per heavy atom. The highest BCUT2D eigenvalue weighted by molar-refractivity contribution is 14.1. The zero-order valence-corrected chi connectivity index (χ0v) is 12.1. The maximum atomic E-state index is 6.10. The first kappa shape index (κ1) is 14.6. The predicted molar refractivity (Wildman–Crippen MR) is 74.8 cm³/mol. The summed E-state index contributed by atoms with van der Waals surface area (Å²) in [5, 5.41) is 1.07. The summed E-state index contributed by atoms with van der Waals surface area (Å²) >= 11 is 18.4. The zero-order chi connectivity index (χ0) is 11.4. The number of allylic oxidation sites excluding steroid dienone is 4. The lowest BCUT2D eigenvalue weighted by atomic mass is 10.0. The lowest BCUT2D eigenvalue weighted by Gasteiger charge is -2.26. The Balaban J connectivity index is 0.000000364. The van der Waals surface area contributed by atoms with Crippen LogP contribution in [0.2, 0.25) is 0 Å². The number of hydrogen-bond donors (Lipinski definition) is 2. The molecule has 6 heteroatoms. The molecule has 0 bridgehead atoms. The summed E-state index contributed by atoms with van der Waals surface area (Å²) in [6, 6.07) is 0. The lowest BCUT2D eigenvalue weighted by Crippen LogP contribution is -2.60. The van der Waals surface area contributed by atoms with E-state index in [-0.39, 0.29) is 13.9 Å². The molecule has 80 valence electrons. The van der Waals surface area contributed by atoms with Gasteiger partial charge in [-0.2, -0.15) is 0 Å². The first-order chi connectivity index (χ1) is 6.27. The minimum atomic E-state index is -0.313. The standard InChI is InChI=1S/C7H7Cl2I.CH4N2S/c1-7(9)4-2-3-5(8)6(7)10;2-1(3)4/h2-4,6H,1H3;(H4,2,3,4)/p+1. The molecule has 0 heterocycles. The summed E-state index contributed by atoms with van der Waals surface area (Å²) in [6.45, 7) is 1.96. The van der Waals surface area contributed by atoms with Gasteiger partial charge in [-0.25, -0.2) is 0 Å². The second kappa shape index (κ2) is 6.27. The number of hydrogen-bond acceptors (Lipinski definition) is 1. The van der Waals surface area contributed by atoms with Crippen molar-refractivity contribution in [3.8, 4) is 0 Å². The van der Waals surface area contributed by atoms with Crippen LogP contribution in [0.3, 0.4) is 0 Å². The van der Waals surface area contributed by atoms with Crippen LogP contribution in [0, 0.1) is 0 Å². The fourth-order valence-electron chi connectivity index (χ4n) is 0.767. The maximum absolute atomic E-state index is 6.10. The van der Waals surface area contributed by atoms with E-state index >= 15 is 0 Å². The van der Waals surface area contributed by atoms with Crippen LogP contribution in [-0.4, -0.2) is 13.9 Å². The van der Waals surface area contributed by atoms with Gasteiger partial charge in [0.05, 0.1) is 8.80 Å². The SMILES string of the molecule is CC1(Cl)C=CC=C(Cl)C1I.NC([NH3+])=S. The number of quaternary nitrogens is 1. The van der Waals surface area contributed by atoms with Crippen molar-refractivity contribution in [1.29, 1.82) is 0 Å². The normalized spacial score (nSPS) is 30.1. The van der Waals surface area contributed by atoms with Crippen molar-refractivity contribution < 1.29 is 5.73 Å². The Hall–Kier alpha value is 0.640. The Bertz CT molecular complexity index is 273. The van der Waals surface area contributed by atoms with Gasteiger partial charge < -0.3 is 11.5 Å². The molecule has 1 rings (SSSR count). The molecule has 2 atom stereocenters. The van der Waals surface area contributed by atoms with E-state index in [4.69, 9.17) is 28.9 Å². The van der Waals surface area contributed by atoms with Gasteiger partial charge >= 0.3 is 0 Å². The zero-order valence-electron chi connectivity index (χ0n) is 7.64. The van der Waals surface area contributed by atoms with Crippen molar-refractivity contribution in [2.75, 3.05) is 0 Å². The van der Waals surface area contributed by atoms with Crippen LogP contribution in [-0.2, 0) is 0 Å². The van der Waals surface area contributed by atoms with E-state index in [1.54, 1.807) is 0 Å². The molecule has 0 saturated carbocycles. The molecule has 0 fully saturated rings. The van der Waals surface area contributed by atoms with Crippen molar-refractivity contribution in [2.24, 2.45) is 5.73 Å². The summed E-state index contributed by atoms with van der Waals surface area (Å²) in [6.07, 6.45) is 5.73. The second-order valence-corrected chi connectivity index (χ2v) is 5.91. The van der Waals surface area contributed by atoms with E-state index in [9.17, 15) is 0 Å². The van der Waals surface area contributed by atoms with E-state index in [0.717, 1.165) is 5.03 Å². The molecule has 2 unspecified atom stereocenters. The van der Waals surface area contributed by atoms with Crippen molar-refractivity contribution in [2.45, 2.75) is 15.7 Å². The van der Waals surface area contributed by atoms with Crippen LogP contribution in [0.5, 0.6) is 0 Å². The highest BCUT2D eigenvalue weighted by Crippen LogP contribution is 2.36. The third kappa shape index (κ3) is 5.50. The molecule has 0 aromatic carbocycles. The van der Waals surface area contributed by atoms with Crippen molar-refractivity contribution in [3.63, 3.8) is 0 Å². The van der Waals surface area contributed by atoms with Gasteiger partial charge in [0.25, 0.3) is 5.11 Å². The largest absolute Gasteiger partial charge is 0.345 e. The van der Waals surface area contributed by atoms with Gasteiger partial charge in [-0.05, 0) is 13.0 Å². The molecule has 1 aliphatic rings. The number of thiocarbonyl (C=S) groups is 1. The third-order valence-corrected chi connectivity index (χ3v) is 4.80. The molecule has 2 nitrogen and oxygen atoms in total. The van der Waals surface area contributed by atoms with Gasteiger partial charge in [0, 0.05) is 17.3 Å². The van der Waals surface area contributed by atoms with Gasteiger partial charge in [0.15, 0.2) is 0 Å². The molecule has 5 N–H and O–H groups in total. The van der Waals surface area contributed by atoms with Crippen LogP contribution in [0.15, 0.2) is 23.3 Å². The van der Waals surface area contributed by atoms with Gasteiger partial charge in [0.1, 0.15) is 0 Å². The molecule has 0 spiro atoms. The molecule has 14 heavy (non-hydrogen) atoms. The minimum Gasteiger partial charge on any atom is -0.345 e. The number of alkyl halides is 2. The highest BCUT2D eigenvalue weighted by Gasteiger charge is 2.31. The molecule has 0 aliphatic heterocycles. The van der Waals surface area contributed by atoms with Crippen LogP contribution < -0.4 is 11.5 Å². The fourth-order valence-corrected chi connectivity index (χ4v) is 1.73. The Kier molecular flexibility index (Phi) is 6.56. The molecule has 0 radical (unpaired) electrons. The molecule has 0 aromatic rings. The number of rotatable bonds is 0. The van der Waals surface area contributed by atoms with Crippen molar-refractivity contribution >= 4 is 63.1 Å². The fraction of sp³-hybridized carbons (Fsp3) is 0.375. The summed E-state index contributed by atoms with van der Waals surface area (Å²) in [5.74, 6) is 0. The van der Waals surface area contributed by atoms with E-state index in [1.165, 1.54) is 0 Å². The third-order valence-electron chi connectivity index (χ3n) is 1.42. The predicted octanol–water partition coefficient (Wildman–Crippen LogP) is 1.95. The first-order valence-corrected chi connectivity index (χ1v) is 6.17. The summed E-state index contributed by atoms with van der Waals surface area (Å²) in [5.41, 5.74) is 7.88. The molecule has 0 saturated heterocycles. The van der Waals surface area contributed by atoms with Crippen LogP contribution in [0.25, 0.3) is 0 Å². The highest BCUT2D eigenvalue weighted by atomic mass is 127. The average molecular weight is 366 g/mol. The van der Waals surface area contributed by atoms with Gasteiger partial charge in [-0.15, -0.1) is 11.6 Å². The molecular weight excluding hydrogens is 354 g/mol. The van der Waals surface area contributed by atoms with Gasteiger partial charge in [-0.1, -0.05) is 46.3 Å². The summed E-state index contributed by atoms with van der Waals surface area (Å²) in [7, 11) is 0. The molecular formula is C8H12Cl2IN2S+. The second-order valence-electron chi connectivity index (χ2n) is 2.89. The summed E-state index contributed by atoms with van der Waals surface area (Å²) < 4.78 is 0.193.